The number of carbonyl (C=O) groups excluding carboxylic acids is 2. The van der Waals surface area contributed by atoms with Gasteiger partial charge in [-0.05, 0) is 35.9 Å². The zero-order valence-electron chi connectivity index (χ0n) is 15.6. The van der Waals surface area contributed by atoms with Gasteiger partial charge >= 0.3 is 0 Å². The van der Waals surface area contributed by atoms with Crippen molar-refractivity contribution in [2.24, 2.45) is 5.92 Å². The maximum Gasteiger partial charge on any atom is 0.266 e. The van der Waals surface area contributed by atoms with Crippen LogP contribution in [-0.4, -0.2) is 17.9 Å². The van der Waals surface area contributed by atoms with Gasteiger partial charge in [-0.15, -0.1) is 0 Å². The van der Waals surface area contributed by atoms with Crippen molar-refractivity contribution in [2.75, 3.05) is 9.96 Å². The summed E-state index contributed by atoms with van der Waals surface area (Å²) in [7, 11) is 0. The van der Waals surface area contributed by atoms with Crippen LogP contribution < -0.4 is 9.96 Å². The number of hydroxylamine groups is 1. The van der Waals surface area contributed by atoms with Gasteiger partial charge in [0.25, 0.3) is 5.91 Å². The summed E-state index contributed by atoms with van der Waals surface area (Å²) in [6, 6.07) is 22.1. The third kappa shape index (κ3) is 2.88. The first-order valence-corrected chi connectivity index (χ1v) is 9.83. The van der Waals surface area contributed by atoms with Crippen molar-refractivity contribution in [1.29, 1.82) is 0 Å². The second-order valence-electron chi connectivity index (χ2n) is 7.18. The van der Waals surface area contributed by atoms with Crippen LogP contribution in [0.25, 0.3) is 0 Å². The Hall–Kier alpha value is -3.22. The number of imide groups is 1. The monoisotopic (exact) mass is 422 g/mol. The van der Waals surface area contributed by atoms with Crippen molar-refractivity contribution in [1.82, 2.24) is 0 Å². The number of para-hydroxylation sites is 1. The fourth-order valence-corrected chi connectivity index (χ4v) is 4.20. The molecule has 2 saturated heterocycles. The molecule has 0 unspecified atom stereocenters. The van der Waals surface area contributed by atoms with E-state index in [4.69, 9.17) is 16.4 Å². The highest BCUT2D eigenvalue weighted by atomic mass is 35.5. The van der Waals surface area contributed by atoms with E-state index in [0.29, 0.717) is 0 Å². The molecule has 150 valence electrons. The van der Waals surface area contributed by atoms with E-state index in [0.717, 1.165) is 22.2 Å². The van der Waals surface area contributed by atoms with Crippen molar-refractivity contribution in [3.63, 3.8) is 0 Å². The summed E-state index contributed by atoms with van der Waals surface area (Å²) in [5.74, 6) is -2.41. The van der Waals surface area contributed by atoms with E-state index in [2.05, 4.69) is 0 Å². The molecular weight excluding hydrogens is 407 g/mol. The maximum atomic E-state index is 14.0. The first-order chi connectivity index (χ1) is 14.6. The Balaban J connectivity index is 1.58. The molecule has 2 aliphatic heterocycles. The van der Waals surface area contributed by atoms with Gasteiger partial charge in [-0.2, -0.15) is 0 Å². The van der Waals surface area contributed by atoms with Crippen molar-refractivity contribution in [3.05, 3.63) is 95.3 Å². The molecule has 0 radical (unpaired) electrons. The number of anilines is 2. The summed E-state index contributed by atoms with van der Waals surface area (Å²) >= 11 is 5.75. The summed E-state index contributed by atoms with van der Waals surface area (Å²) in [6.07, 6.45) is -0.998. The predicted octanol–water partition coefficient (Wildman–Crippen LogP) is 4.53. The molecule has 3 atom stereocenters. The minimum Gasteiger partial charge on any atom is -0.273 e. The first kappa shape index (κ1) is 18.8. The molecule has 0 aromatic heterocycles. The molecule has 0 bridgehead atoms. The molecule has 0 spiro atoms. The van der Waals surface area contributed by atoms with E-state index in [1.54, 1.807) is 5.06 Å². The quantitative estimate of drug-likeness (QED) is 0.582. The number of hydrogen-bond acceptors (Lipinski definition) is 4. The number of hydrogen-bond donors (Lipinski definition) is 0. The average Bonchev–Trinajstić information content (AvgIpc) is 3.28. The zero-order chi connectivity index (χ0) is 20.8. The fourth-order valence-electron chi connectivity index (χ4n) is 4.08. The largest absolute Gasteiger partial charge is 0.273 e. The molecule has 7 heteroatoms. The van der Waals surface area contributed by atoms with Crippen LogP contribution >= 0.6 is 11.6 Å². The van der Waals surface area contributed by atoms with Crippen molar-refractivity contribution in [2.45, 2.75) is 12.1 Å². The number of benzene rings is 3. The Kier molecular flexibility index (Phi) is 4.53. The lowest BCUT2D eigenvalue weighted by atomic mass is 9.90. The normalized spacial score (nSPS) is 23.2. The van der Waals surface area contributed by atoms with Crippen molar-refractivity contribution >= 4 is 34.8 Å². The van der Waals surface area contributed by atoms with E-state index >= 15 is 0 Å². The Morgan fingerprint density at radius 1 is 0.833 bits per heavy atom. The minimum atomic E-state index is -0.998. The molecule has 2 fully saturated rings. The molecule has 2 aliphatic rings. The molecule has 0 N–H and O–H groups in total. The third-order valence-electron chi connectivity index (χ3n) is 5.43. The Bertz CT molecular complexity index is 1130. The van der Waals surface area contributed by atoms with Gasteiger partial charge in [0.1, 0.15) is 11.7 Å². The molecule has 5 nitrogen and oxygen atoms in total. The average molecular weight is 423 g/mol. The number of halogens is 2. The van der Waals surface area contributed by atoms with E-state index in [9.17, 15) is 14.0 Å². The van der Waals surface area contributed by atoms with Gasteiger partial charge in [0.05, 0.1) is 22.4 Å². The van der Waals surface area contributed by atoms with Gasteiger partial charge in [0.15, 0.2) is 6.10 Å². The molecule has 3 aromatic carbocycles. The van der Waals surface area contributed by atoms with Gasteiger partial charge < -0.3 is 0 Å². The molecule has 3 aromatic rings. The summed E-state index contributed by atoms with van der Waals surface area (Å²) in [5, 5.41) is 1.55. The summed E-state index contributed by atoms with van der Waals surface area (Å²) < 4.78 is 14.0. The highest BCUT2D eigenvalue weighted by Crippen LogP contribution is 2.47. The lowest BCUT2D eigenvalue weighted by Crippen LogP contribution is -2.37. The lowest BCUT2D eigenvalue weighted by Gasteiger charge is -2.28. The van der Waals surface area contributed by atoms with Crippen molar-refractivity contribution < 1.29 is 18.8 Å². The topological polar surface area (TPSA) is 49.9 Å². The zero-order valence-corrected chi connectivity index (χ0v) is 16.4. The molecule has 30 heavy (non-hydrogen) atoms. The highest BCUT2D eigenvalue weighted by Gasteiger charge is 2.60. The van der Waals surface area contributed by atoms with Crippen LogP contribution in [0.1, 0.15) is 11.6 Å². The molecule has 0 aliphatic carbocycles. The van der Waals surface area contributed by atoms with E-state index in [-0.39, 0.29) is 10.7 Å². The predicted molar refractivity (Wildman–Crippen MR) is 110 cm³/mol. The fraction of sp³-hybridized carbons (Fsp3) is 0.130. The van der Waals surface area contributed by atoms with Gasteiger partial charge in [0, 0.05) is 0 Å². The standard InChI is InChI=1S/C23H16ClFN2O3/c24-17-12-11-16(13-18(17)25)26-22(28)19-20(14-7-3-1-4-8-14)27(30-21(19)23(26)29)15-9-5-2-6-10-15/h1-13,19-21H/t19-,20-,21+/m0/s1. The number of nitrogens with zero attached hydrogens (tertiary/aromatic N) is 2. The highest BCUT2D eigenvalue weighted by molar-refractivity contribution is 6.31. The number of amides is 2. The minimum absolute atomic E-state index is 0.0771. The van der Waals surface area contributed by atoms with Crippen LogP contribution in [0.4, 0.5) is 15.8 Å². The van der Waals surface area contributed by atoms with E-state index in [1.807, 2.05) is 60.7 Å². The molecular formula is C23H16ClFN2O3. The van der Waals surface area contributed by atoms with E-state index in [1.165, 1.54) is 12.1 Å². The van der Waals surface area contributed by atoms with Crippen LogP contribution in [0.3, 0.4) is 0 Å². The van der Waals surface area contributed by atoms with Crippen LogP contribution in [-0.2, 0) is 14.4 Å². The van der Waals surface area contributed by atoms with Gasteiger partial charge in [0.2, 0.25) is 5.91 Å². The maximum absolute atomic E-state index is 14.0. The first-order valence-electron chi connectivity index (χ1n) is 9.45. The van der Waals surface area contributed by atoms with Crippen molar-refractivity contribution in [3.8, 4) is 0 Å². The van der Waals surface area contributed by atoms with E-state index < -0.39 is 35.7 Å². The van der Waals surface area contributed by atoms with Crippen LogP contribution in [0.5, 0.6) is 0 Å². The second-order valence-corrected chi connectivity index (χ2v) is 7.59. The Morgan fingerprint density at radius 3 is 2.17 bits per heavy atom. The number of fused-ring (bicyclic) bond motifs is 1. The SMILES string of the molecule is O=C1[C@@H]2[C@@H](ON(c3ccccc3)[C@H]2c2ccccc2)C(=O)N1c1ccc(Cl)c(F)c1. The lowest BCUT2D eigenvalue weighted by molar-refractivity contribution is -0.126. The molecule has 2 amide bonds. The Labute approximate surface area is 177 Å². The Morgan fingerprint density at radius 2 is 1.50 bits per heavy atom. The molecule has 5 rings (SSSR count). The summed E-state index contributed by atoms with van der Waals surface area (Å²) in [6.45, 7) is 0. The van der Waals surface area contributed by atoms with Crippen LogP contribution in [0, 0.1) is 11.7 Å². The van der Waals surface area contributed by atoms with Gasteiger partial charge in [-0.25, -0.2) is 14.4 Å². The van der Waals surface area contributed by atoms with Crippen LogP contribution in [0.2, 0.25) is 5.02 Å². The number of carbonyl (C=O) groups is 2. The molecule has 2 heterocycles. The molecule has 0 saturated carbocycles. The summed E-state index contributed by atoms with van der Waals surface area (Å²) in [4.78, 5) is 33.6. The number of rotatable bonds is 3. The van der Waals surface area contributed by atoms with Gasteiger partial charge in [-0.1, -0.05) is 60.1 Å². The second kappa shape index (κ2) is 7.23. The van der Waals surface area contributed by atoms with Crippen LogP contribution in [0.15, 0.2) is 78.9 Å². The van der Waals surface area contributed by atoms with Gasteiger partial charge in [-0.3, -0.25) is 14.4 Å². The summed E-state index contributed by atoms with van der Waals surface area (Å²) in [5.41, 5.74) is 1.73. The smallest absolute Gasteiger partial charge is 0.266 e. The third-order valence-corrected chi connectivity index (χ3v) is 5.74.